The standard InChI is InChI=1S/C14H15F2N5O2S/c15-9-4-10(16)6-11(5-9)17-13(22)8-24-14-18-19-20-21(14)7-12-2-1-3-23-12/h4-6,12H,1-3,7-8H2,(H,17,22). The number of nitrogens with one attached hydrogen (secondary N) is 1. The molecule has 2 aromatic rings. The van der Waals surface area contributed by atoms with E-state index >= 15 is 0 Å². The van der Waals surface area contributed by atoms with Crippen LogP contribution in [0.2, 0.25) is 0 Å². The Hall–Kier alpha value is -2.07. The average Bonchev–Trinajstić information content (AvgIpc) is 3.16. The molecule has 1 fully saturated rings. The van der Waals surface area contributed by atoms with Crippen LogP contribution in [-0.2, 0) is 16.1 Å². The summed E-state index contributed by atoms with van der Waals surface area (Å²) < 4.78 is 33.3. The summed E-state index contributed by atoms with van der Waals surface area (Å²) in [4.78, 5) is 11.9. The largest absolute Gasteiger partial charge is 0.376 e. The second-order valence-corrected chi connectivity index (χ2v) is 6.22. The molecule has 24 heavy (non-hydrogen) atoms. The fraction of sp³-hybridized carbons (Fsp3) is 0.429. The van der Waals surface area contributed by atoms with Crippen LogP contribution >= 0.6 is 11.8 Å². The topological polar surface area (TPSA) is 81.9 Å². The Morgan fingerprint density at radius 2 is 2.17 bits per heavy atom. The summed E-state index contributed by atoms with van der Waals surface area (Å²) in [5.74, 6) is -1.89. The van der Waals surface area contributed by atoms with E-state index < -0.39 is 17.5 Å². The Labute approximate surface area is 140 Å². The number of halogens is 2. The van der Waals surface area contributed by atoms with E-state index in [9.17, 15) is 13.6 Å². The van der Waals surface area contributed by atoms with Crippen LogP contribution in [0, 0.1) is 11.6 Å². The molecular weight excluding hydrogens is 340 g/mol. The van der Waals surface area contributed by atoms with E-state index in [0.29, 0.717) is 11.7 Å². The van der Waals surface area contributed by atoms with Crippen molar-refractivity contribution in [2.75, 3.05) is 17.7 Å². The molecule has 2 heterocycles. The van der Waals surface area contributed by atoms with Crippen LogP contribution in [0.4, 0.5) is 14.5 Å². The van der Waals surface area contributed by atoms with Gasteiger partial charge in [0, 0.05) is 18.4 Å². The maximum atomic E-state index is 13.1. The first kappa shape index (κ1) is 16.8. The number of carbonyl (C=O) groups is 1. The van der Waals surface area contributed by atoms with E-state index in [4.69, 9.17) is 4.74 Å². The summed E-state index contributed by atoms with van der Waals surface area (Å²) in [6.45, 7) is 1.27. The maximum absolute atomic E-state index is 13.1. The Kier molecular flexibility index (Phi) is 5.36. The molecule has 1 aliphatic heterocycles. The summed E-state index contributed by atoms with van der Waals surface area (Å²) in [5, 5.41) is 14.3. The van der Waals surface area contributed by atoms with Crippen LogP contribution in [-0.4, -0.2) is 44.6 Å². The highest BCUT2D eigenvalue weighted by Crippen LogP contribution is 2.19. The third-order valence-electron chi connectivity index (χ3n) is 3.38. The van der Waals surface area contributed by atoms with Crippen molar-refractivity contribution in [3.63, 3.8) is 0 Å². The number of rotatable bonds is 6. The molecule has 0 radical (unpaired) electrons. The minimum atomic E-state index is -0.751. The van der Waals surface area contributed by atoms with E-state index in [2.05, 4.69) is 20.8 Å². The lowest BCUT2D eigenvalue weighted by Gasteiger charge is -2.10. The second-order valence-electron chi connectivity index (χ2n) is 5.27. The van der Waals surface area contributed by atoms with Gasteiger partial charge < -0.3 is 10.1 Å². The number of hydrogen-bond acceptors (Lipinski definition) is 6. The van der Waals surface area contributed by atoms with Gasteiger partial charge in [-0.05, 0) is 35.4 Å². The third-order valence-corrected chi connectivity index (χ3v) is 4.34. The third kappa shape index (κ3) is 4.48. The molecule has 1 aromatic heterocycles. The van der Waals surface area contributed by atoms with Crippen molar-refractivity contribution in [2.45, 2.75) is 30.6 Å². The van der Waals surface area contributed by atoms with Gasteiger partial charge in [-0.15, -0.1) is 5.10 Å². The van der Waals surface area contributed by atoms with E-state index in [0.717, 1.165) is 49.4 Å². The van der Waals surface area contributed by atoms with Crippen LogP contribution in [0.25, 0.3) is 0 Å². The van der Waals surface area contributed by atoms with Gasteiger partial charge in [-0.3, -0.25) is 4.79 Å². The smallest absolute Gasteiger partial charge is 0.234 e. The molecule has 1 amide bonds. The Morgan fingerprint density at radius 3 is 2.88 bits per heavy atom. The molecule has 1 aliphatic rings. The van der Waals surface area contributed by atoms with Crippen molar-refractivity contribution in [3.05, 3.63) is 29.8 Å². The summed E-state index contributed by atoms with van der Waals surface area (Å²) in [6, 6.07) is 2.84. The van der Waals surface area contributed by atoms with Gasteiger partial charge in [-0.25, -0.2) is 13.5 Å². The fourth-order valence-corrected chi connectivity index (χ4v) is 3.04. The number of aromatic nitrogens is 4. The van der Waals surface area contributed by atoms with Gasteiger partial charge in [0.15, 0.2) is 0 Å². The van der Waals surface area contributed by atoms with Crippen LogP contribution in [0.3, 0.4) is 0 Å². The van der Waals surface area contributed by atoms with Gasteiger partial charge in [-0.2, -0.15) is 0 Å². The lowest BCUT2D eigenvalue weighted by Crippen LogP contribution is -2.18. The number of thioether (sulfide) groups is 1. The van der Waals surface area contributed by atoms with Crippen LogP contribution in [0.1, 0.15) is 12.8 Å². The number of ether oxygens (including phenoxy) is 1. The van der Waals surface area contributed by atoms with Crippen LogP contribution in [0.5, 0.6) is 0 Å². The number of tetrazole rings is 1. The average molecular weight is 355 g/mol. The van der Waals surface area contributed by atoms with E-state index in [1.807, 2.05) is 0 Å². The lowest BCUT2D eigenvalue weighted by atomic mass is 10.2. The van der Waals surface area contributed by atoms with E-state index in [1.54, 1.807) is 4.68 Å². The van der Waals surface area contributed by atoms with E-state index in [1.165, 1.54) is 0 Å². The van der Waals surface area contributed by atoms with Gasteiger partial charge in [-0.1, -0.05) is 11.8 Å². The normalized spacial score (nSPS) is 17.2. The Balaban J connectivity index is 1.53. The first-order valence-corrected chi connectivity index (χ1v) is 8.35. The Morgan fingerprint density at radius 1 is 1.38 bits per heavy atom. The SMILES string of the molecule is O=C(CSc1nnnn1CC1CCCO1)Nc1cc(F)cc(F)c1. The van der Waals surface area contributed by atoms with Crippen molar-refractivity contribution in [1.82, 2.24) is 20.2 Å². The zero-order valence-corrected chi connectivity index (χ0v) is 13.4. The highest BCUT2D eigenvalue weighted by molar-refractivity contribution is 7.99. The molecular formula is C14H15F2N5O2S. The lowest BCUT2D eigenvalue weighted by molar-refractivity contribution is -0.113. The van der Waals surface area contributed by atoms with Crippen molar-refractivity contribution >= 4 is 23.4 Å². The number of nitrogens with zero attached hydrogens (tertiary/aromatic N) is 4. The molecule has 1 saturated heterocycles. The van der Waals surface area contributed by atoms with Crippen molar-refractivity contribution < 1.29 is 18.3 Å². The molecule has 7 nitrogen and oxygen atoms in total. The highest BCUT2D eigenvalue weighted by atomic mass is 32.2. The van der Waals surface area contributed by atoms with Crippen molar-refractivity contribution in [3.8, 4) is 0 Å². The summed E-state index contributed by atoms with van der Waals surface area (Å²) in [7, 11) is 0. The van der Waals surface area contributed by atoms with Gasteiger partial charge in [0.2, 0.25) is 11.1 Å². The quantitative estimate of drug-likeness (QED) is 0.797. The number of benzene rings is 1. The van der Waals surface area contributed by atoms with Crippen molar-refractivity contribution in [1.29, 1.82) is 0 Å². The number of carbonyl (C=O) groups excluding carboxylic acids is 1. The predicted molar refractivity (Wildman–Crippen MR) is 82.5 cm³/mol. The minimum absolute atomic E-state index is 0.0179. The zero-order chi connectivity index (χ0) is 16.9. The molecule has 0 aliphatic carbocycles. The van der Waals surface area contributed by atoms with Crippen molar-refractivity contribution in [2.24, 2.45) is 0 Å². The molecule has 1 N–H and O–H groups in total. The molecule has 128 valence electrons. The van der Waals surface area contributed by atoms with Crippen LogP contribution < -0.4 is 5.32 Å². The van der Waals surface area contributed by atoms with Gasteiger partial charge in [0.1, 0.15) is 11.6 Å². The molecule has 1 atom stereocenters. The van der Waals surface area contributed by atoms with Gasteiger partial charge in [0.25, 0.3) is 0 Å². The van der Waals surface area contributed by atoms with E-state index in [-0.39, 0.29) is 17.5 Å². The molecule has 1 unspecified atom stereocenters. The molecule has 0 spiro atoms. The molecule has 0 saturated carbocycles. The first-order chi connectivity index (χ1) is 11.6. The number of anilines is 1. The Bertz CT molecular complexity index is 701. The molecule has 1 aromatic carbocycles. The van der Waals surface area contributed by atoms with Gasteiger partial charge >= 0.3 is 0 Å². The summed E-state index contributed by atoms with van der Waals surface area (Å²) in [6.07, 6.45) is 2.05. The number of amides is 1. The fourth-order valence-electron chi connectivity index (χ4n) is 2.35. The number of hydrogen-bond donors (Lipinski definition) is 1. The molecule has 10 heteroatoms. The summed E-state index contributed by atoms with van der Waals surface area (Å²) in [5.41, 5.74) is 0.0667. The van der Waals surface area contributed by atoms with Gasteiger partial charge in [0.05, 0.1) is 18.4 Å². The highest BCUT2D eigenvalue weighted by Gasteiger charge is 2.19. The monoisotopic (exact) mass is 355 g/mol. The van der Waals surface area contributed by atoms with Crippen LogP contribution in [0.15, 0.2) is 23.4 Å². The molecule has 3 rings (SSSR count). The second kappa shape index (κ2) is 7.67. The summed E-state index contributed by atoms with van der Waals surface area (Å²) >= 11 is 1.14. The maximum Gasteiger partial charge on any atom is 0.234 e. The first-order valence-electron chi connectivity index (χ1n) is 7.36. The molecule has 0 bridgehead atoms. The predicted octanol–water partition coefficient (Wildman–Crippen LogP) is 1.86. The minimum Gasteiger partial charge on any atom is -0.376 e. The zero-order valence-electron chi connectivity index (χ0n) is 12.6.